The highest BCUT2D eigenvalue weighted by molar-refractivity contribution is 6.35. The van der Waals surface area contributed by atoms with Gasteiger partial charge in [-0.25, -0.2) is 0 Å². The van der Waals surface area contributed by atoms with Gasteiger partial charge in [0.15, 0.2) is 0 Å². The van der Waals surface area contributed by atoms with E-state index in [0.717, 1.165) is 5.56 Å². The van der Waals surface area contributed by atoms with Gasteiger partial charge in [-0.3, -0.25) is 0 Å². The summed E-state index contributed by atoms with van der Waals surface area (Å²) in [5, 5.41) is 1.24. The van der Waals surface area contributed by atoms with E-state index in [9.17, 15) is 0 Å². The Balaban J connectivity index is 2.54. The van der Waals surface area contributed by atoms with E-state index in [1.807, 2.05) is 25.1 Å². The molecule has 0 N–H and O–H groups in total. The van der Waals surface area contributed by atoms with Gasteiger partial charge in [-0.1, -0.05) is 47.3 Å². The Hall–Kier alpha value is -0.940. The lowest BCUT2D eigenvalue weighted by atomic mass is 10.2. The average Bonchev–Trinajstić information content (AvgIpc) is 2.26. The Morgan fingerprint density at radius 1 is 1.50 bits per heavy atom. The van der Waals surface area contributed by atoms with Crippen molar-refractivity contribution in [2.75, 3.05) is 6.61 Å². The van der Waals surface area contributed by atoms with E-state index in [1.54, 1.807) is 12.1 Å². The van der Waals surface area contributed by atoms with Crippen molar-refractivity contribution in [3.05, 3.63) is 39.9 Å². The first-order chi connectivity index (χ1) is 7.63. The molecule has 0 spiro atoms. The van der Waals surface area contributed by atoms with E-state index in [-0.39, 0.29) is 6.10 Å². The summed E-state index contributed by atoms with van der Waals surface area (Å²) >= 11 is 11.8. The zero-order valence-electron chi connectivity index (χ0n) is 8.91. The van der Waals surface area contributed by atoms with Gasteiger partial charge < -0.3 is 4.74 Å². The normalized spacial score (nSPS) is 12.6. The molecule has 16 heavy (non-hydrogen) atoms. The van der Waals surface area contributed by atoms with Crippen molar-refractivity contribution in [2.45, 2.75) is 13.0 Å². The lowest BCUT2D eigenvalue weighted by molar-refractivity contribution is 0.130. The molecule has 1 rings (SSSR count). The van der Waals surface area contributed by atoms with Gasteiger partial charge in [0, 0.05) is 10.0 Å². The third-order valence-electron chi connectivity index (χ3n) is 1.94. The second kappa shape index (κ2) is 6.60. The third-order valence-corrected chi connectivity index (χ3v) is 2.50. The lowest BCUT2D eigenvalue weighted by Gasteiger charge is -2.03. The highest BCUT2D eigenvalue weighted by Gasteiger charge is 1.97. The third kappa shape index (κ3) is 4.28. The molecule has 0 aliphatic rings. The molecule has 0 fully saturated rings. The summed E-state index contributed by atoms with van der Waals surface area (Å²) in [5.74, 6) is 2.48. The maximum absolute atomic E-state index is 5.99. The molecule has 0 amide bonds. The number of hydrogen-bond acceptors (Lipinski definition) is 1. The van der Waals surface area contributed by atoms with E-state index in [4.69, 9.17) is 34.4 Å². The molecular formula is C13H12Cl2O. The van der Waals surface area contributed by atoms with Crippen LogP contribution in [0.25, 0.3) is 6.08 Å². The molecule has 1 aromatic rings. The zero-order valence-corrected chi connectivity index (χ0v) is 10.4. The molecule has 0 aliphatic carbocycles. The lowest BCUT2D eigenvalue weighted by Crippen LogP contribution is -2.03. The Morgan fingerprint density at radius 3 is 2.88 bits per heavy atom. The van der Waals surface area contributed by atoms with Crippen LogP contribution in [0.5, 0.6) is 0 Å². The van der Waals surface area contributed by atoms with Crippen molar-refractivity contribution >= 4 is 29.3 Å². The van der Waals surface area contributed by atoms with Crippen LogP contribution < -0.4 is 0 Å². The maximum atomic E-state index is 5.99. The summed E-state index contributed by atoms with van der Waals surface area (Å²) in [4.78, 5) is 0. The summed E-state index contributed by atoms with van der Waals surface area (Å²) in [6, 6.07) is 5.34. The average molecular weight is 255 g/mol. The molecule has 0 aromatic heterocycles. The van der Waals surface area contributed by atoms with Crippen molar-refractivity contribution in [1.82, 2.24) is 0 Å². The van der Waals surface area contributed by atoms with Gasteiger partial charge in [0.2, 0.25) is 0 Å². The molecule has 0 saturated heterocycles. The molecule has 3 heteroatoms. The quantitative estimate of drug-likeness (QED) is 0.737. The van der Waals surface area contributed by atoms with Crippen LogP contribution in [-0.2, 0) is 4.74 Å². The van der Waals surface area contributed by atoms with Crippen molar-refractivity contribution in [3.63, 3.8) is 0 Å². The van der Waals surface area contributed by atoms with Gasteiger partial charge in [0.25, 0.3) is 0 Å². The van der Waals surface area contributed by atoms with Gasteiger partial charge >= 0.3 is 0 Å². The van der Waals surface area contributed by atoms with Crippen molar-refractivity contribution in [3.8, 4) is 12.3 Å². The summed E-state index contributed by atoms with van der Waals surface area (Å²) < 4.78 is 5.28. The minimum Gasteiger partial charge on any atom is -0.362 e. The predicted octanol–water partition coefficient (Wildman–Crippen LogP) is 4.04. The van der Waals surface area contributed by atoms with Crippen LogP contribution in [0.3, 0.4) is 0 Å². The Kier molecular flexibility index (Phi) is 5.42. The first kappa shape index (κ1) is 13.1. The van der Waals surface area contributed by atoms with E-state index in [0.29, 0.717) is 16.7 Å². The van der Waals surface area contributed by atoms with Gasteiger partial charge in [-0.15, -0.1) is 6.42 Å². The summed E-state index contributed by atoms with van der Waals surface area (Å²) in [6.07, 6.45) is 8.74. The molecule has 0 heterocycles. The molecule has 0 aliphatic heterocycles. The molecule has 0 saturated carbocycles. The maximum Gasteiger partial charge on any atom is 0.115 e. The van der Waals surface area contributed by atoms with Crippen LogP contribution in [-0.4, -0.2) is 12.7 Å². The highest BCUT2D eigenvalue weighted by atomic mass is 35.5. The van der Waals surface area contributed by atoms with Gasteiger partial charge in [0.1, 0.15) is 6.10 Å². The molecule has 1 nitrogen and oxygen atoms in total. The number of rotatable bonds is 4. The van der Waals surface area contributed by atoms with E-state index in [1.165, 1.54) is 0 Å². The molecule has 84 valence electrons. The van der Waals surface area contributed by atoms with Gasteiger partial charge in [-0.05, 0) is 24.6 Å². The van der Waals surface area contributed by atoms with Gasteiger partial charge in [0.05, 0.1) is 6.61 Å². The van der Waals surface area contributed by atoms with Crippen LogP contribution in [0.1, 0.15) is 12.5 Å². The fraction of sp³-hybridized carbons (Fsp3) is 0.231. The number of benzene rings is 1. The van der Waals surface area contributed by atoms with Crippen LogP contribution in [0.2, 0.25) is 10.0 Å². The molecule has 1 atom stereocenters. The SMILES string of the molecule is C#CC(C)OC/C=C/c1ccc(Cl)cc1Cl. The Labute approximate surface area is 106 Å². The predicted molar refractivity (Wildman–Crippen MR) is 69.7 cm³/mol. The van der Waals surface area contributed by atoms with E-state index < -0.39 is 0 Å². The highest BCUT2D eigenvalue weighted by Crippen LogP contribution is 2.21. The van der Waals surface area contributed by atoms with Gasteiger partial charge in [-0.2, -0.15) is 0 Å². The summed E-state index contributed by atoms with van der Waals surface area (Å²) in [6.45, 7) is 2.29. The van der Waals surface area contributed by atoms with Crippen LogP contribution in [0.15, 0.2) is 24.3 Å². The van der Waals surface area contributed by atoms with Crippen molar-refractivity contribution < 1.29 is 4.74 Å². The molecule has 0 bridgehead atoms. The second-order valence-corrected chi connectivity index (χ2v) is 4.05. The number of terminal acetylenes is 1. The minimum atomic E-state index is -0.176. The van der Waals surface area contributed by atoms with Crippen molar-refractivity contribution in [1.29, 1.82) is 0 Å². The fourth-order valence-electron chi connectivity index (χ4n) is 1.06. The number of hydrogen-bond donors (Lipinski definition) is 0. The van der Waals surface area contributed by atoms with Crippen LogP contribution >= 0.6 is 23.2 Å². The second-order valence-electron chi connectivity index (χ2n) is 3.21. The summed E-state index contributed by atoms with van der Waals surface area (Å²) in [5.41, 5.74) is 0.906. The monoisotopic (exact) mass is 254 g/mol. The molecule has 1 aromatic carbocycles. The van der Waals surface area contributed by atoms with Crippen LogP contribution in [0, 0.1) is 12.3 Å². The molecular weight excluding hydrogens is 243 g/mol. The summed E-state index contributed by atoms with van der Waals surface area (Å²) in [7, 11) is 0. The van der Waals surface area contributed by atoms with Crippen molar-refractivity contribution in [2.24, 2.45) is 0 Å². The molecule has 0 radical (unpaired) electrons. The first-order valence-corrected chi connectivity index (χ1v) is 5.58. The standard InChI is InChI=1S/C13H12Cl2O/c1-3-10(2)16-8-4-5-11-6-7-12(14)9-13(11)15/h1,4-7,9-10H,8H2,2H3/b5-4+. The first-order valence-electron chi connectivity index (χ1n) is 4.83. The zero-order chi connectivity index (χ0) is 12.0. The van der Waals surface area contributed by atoms with E-state index >= 15 is 0 Å². The Morgan fingerprint density at radius 2 is 2.25 bits per heavy atom. The largest absolute Gasteiger partial charge is 0.362 e. The molecule has 1 unspecified atom stereocenters. The van der Waals surface area contributed by atoms with Crippen LogP contribution in [0.4, 0.5) is 0 Å². The smallest absolute Gasteiger partial charge is 0.115 e. The fourth-order valence-corrected chi connectivity index (χ4v) is 1.53. The number of halogens is 2. The minimum absolute atomic E-state index is 0.176. The topological polar surface area (TPSA) is 9.23 Å². The number of ether oxygens (including phenoxy) is 1. The Bertz CT molecular complexity index is 418. The van der Waals surface area contributed by atoms with E-state index in [2.05, 4.69) is 5.92 Å².